The number of para-hydroxylation sites is 1. The summed E-state index contributed by atoms with van der Waals surface area (Å²) < 4.78 is 10.6. The van der Waals surface area contributed by atoms with Crippen LogP contribution in [0.5, 0.6) is 5.75 Å². The van der Waals surface area contributed by atoms with Crippen LogP contribution in [0.2, 0.25) is 0 Å². The topological polar surface area (TPSA) is 55.8 Å². The second-order valence-electron chi connectivity index (χ2n) is 6.14. The van der Waals surface area contributed by atoms with E-state index < -0.39 is 0 Å². The summed E-state index contributed by atoms with van der Waals surface area (Å²) in [6, 6.07) is 19.1. The number of carbonyl (C=O) groups excluding carboxylic acids is 2. The van der Waals surface area contributed by atoms with Crippen molar-refractivity contribution in [3.8, 4) is 5.75 Å². The Balaban J connectivity index is 1.98. The molecule has 0 aromatic heterocycles. The molecule has 1 atom stereocenters. The van der Waals surface area contributed by atoms with Gasteiger partial charge in [0.15, 0.2) is 0 Å². The third kappa shape index (κ3) is 6.77. The molecular weight excluding hydrogens is 342 g/mol. The maximum Gasteiger partial charge on any atom is 0.307 e. The number of amides is 1. The second kappa shape index (κ2) is 11.0. The average Bonchev–Trinajstić information content (AvgIpc) is 2.69. The monoisotopic (exact) mass is 369 g/mol. The number of nitrogens with zero attached hydrogens (tertiary/aromatic N) is 1. The van der Waals surface area contributed by atoms with Crippen molar-refractivity contribution in [1.29, 1.82) is 0 Å². The number of esters is 1. The third-order valence-corrected chi connectivity index (χ3v) is 4.26. The first-order valence-electron chi connectivity index (χ1n) is 9.29. The molecule has 0 saturated carbocycles. The minimum atomic E-state index is -0.295. The van der Waals surface area contributed by atoms with Crippen molar-refractivity contribution in [2.45, 2.75) is 32.7 Å². The highest BCUT2D eigenvalue weighted by Crippen LogP contribution is 2.21. The van der Waals surface area contributed by atoms with E-state index in [1.165, 1.54) is 0 Å². The Morgan fingerprint density at radius 1 is 0.963 bits per heavy atom. The zero-order valence-electron chi connectivity index (χ0n) is 16.0. The van der Waals surface area contributed by atoms with Crippen LogP contribution < -0.4 is 4.74 Å². The highest BCUT2D eigenvalue weighted by atomic mass is 16.5. The second-order valence-corrected chi connectivity index (χ2v) is 6.14. The van der Waals surface area contributed by atoms with Crippen molar-refractivity contribution in [1.82, 2.24) is 4.90 Å². The van der Waals surface area contributed by atoms with Gasteiger partial charge in [-0.15, -0.1) is 0 Å². The summed E-state index contributed by atoms with van der Waals surface area (Å²) in [6.45, 7) is 4.69. The van der Waals surface area contributed by atoms with Crippen LogP contribution in [0, 0.1) is 0 Å². The van der Waals surface area contributed by atoms with E-state index in [0.717, 1.165) is 11.3 Å². The van der Waals surface area contributed by atoms with E-state index >= 15 is 0 Å². The summed E-state index contributed by atoms with van der Waals surface area (Å²) in [5, 5.41) is 0. The summed E-state index contributed by atoms with van der Waals surface area (Å²) in [7, 11) is 0. The first-order valence-corrected chi connectivity index (χ1v) is 9.29. The maximum absolute atomic E-state index is 12.8. The number of benzene rings is 2. The third-order valence-electron chi connectivity index (χ3n) is 4.26. The molecule has 0 saturated heterocycles. The summed E-state index contributed by atoms with van der Waals surface area (Å²) in [5.74, 6) is 0.391. The van der Waals surface area contributed by atoms with E-state index in [0.29, 0.717) is 19.8 Å². The quantitative estimate of drug-likeness (QED) is 0.594. The lowest BCUT2D eigenvalue weighted by atomic mass is 10.1. The molecule has 0 bridgehead atoms. The molecule has 5 nitrogen and oxygen atoms in total. The van der Waals surface area contributed by atoms with Crippen LogP contribution in [0.3, 0.4) is 0 Å². The van der Waals surface area contributed by atoms with Gasteiger partial charge in [0.25, 0.3) is 0 Å². The van der Waals surface area contributed by atoms with E-state index in [1.807, 2.05) is 67.6 Å². The lowest BCUT2D eigenvalue weighted by molar-refractivity contribution is -0.144. The Kier molecular flexibility index (Phi) is 8.36. The molecule has 144 valence electrons. The van der Waals surface area contributed by atoms with Crippen molar-refractivity contribution < 1.29 is 19.1 Å². The van der Waals surface area contributed by atoms with Crippen molar-refractivity contribution in [2.24, 2.45) is 0 Å². The van der Waals surface area contributed by atoms with E-state index in [9.17, 15) is 9.59 Å². The van der Waals surface area contributed by atoms with Crippen LogP contribution in [-0.2, 0) is 14.3 Å². The van der Waals surface area contributed by atoms with Gasteiger partial charge in [-0.05, 0) is 31.5 Å². The van der Waals surface area contributed by atoms with Gasteiger partial charge in [0.2, 0.25) is 5.91 Å². The van der Waals surface area contributed by atoms with Gasteiger partial charge in [0.05, 0.1) is 32.1 Å². The van der Waals surface area contributed by atoms with Crippen LogP contribution in [0.15, 0.2) is 60.7 Å². The molecule has 0 heterocycles. The standard InChI is InChI=1S/C22H27NO4/c1-3-26-22(25)14-16-23(18(2)19-10-6-4-7-11-19)21(24)15-17-27-20-12-8-5-9-13-20/h4-13,18H,3,14-17H2,1-2H3. The summed E-state index contributed by atoms with van der Waals surface area (Å²) >= 11 is 0. The molecule has 0 spiro atoms. The minimum absolute atomic E-state index is 0.0495. The fourth-order valence-corrected chi connectivity index (χ4v) is 2.81. The predicted molar refractivity (Wildman–Crippen MR) is 104 cm³/mol. The fourth-order valence-electron chi connectivity index (χ4n) is 2.81. The molecule has 27 heavy (non-hydrogen) atoms. The zero-order valence-corrected chi connectivity index (χ0v) is 16.0. The van der Waals surface area contributed by atoms with Crippen LogP contribution in [0.25, 0.3) is 0 Å². The van der Waals surface area contributed by atoms with Gasteiger partial charge >= 0.3 is 5.97 Å². The molecule has 2 aromatic carbocycles. The van der Waals surface area contributed by atoms with E-state index in [1.54, 1.807) is 11.8 Å². The summed E-state index contributed by atoms with van der Waals surface area (Å²) in [4.78, 5) is 26.3. The van der Waals surface area contributed by atoms with Crippen molar-refractivity contribution in [3.05, 3.63) is 66.2 Å². The molecule has 0 aliphatic heterocycles. The molecule has 5 heteroatoms. The van der Waals surface area contributed by atoms with Gasteiger partial charge in [-0.25, -0.2) is 0 Å². The number of rotatable bonds is 10. The van der Waals surface area contributed by atoms with Crippen LogP contribution in [-0.4, -0.2) is 36.5 Å². The predicted octanol–water partition coefficient (Wildman–Crippen LogP) is 4.00. The Morgan fingerprint density at radius 3 is 2.22 bits per heavy atom. The summed E-state index contributed by atoms with van der Waals surface area (Å²) in [5.41, 5.74) is 1.03. The van der Waals surface area contributed by atoms with Gasteiger partial charge in [-0.2, -0.15) is 0 Å². The Hall–Kier alpha value is -2.82. The lowest BCUT2D eigenvalue weighted by Crippen LogP contribution is -2.36. The smallest absolute Gasteiger partial charge is 0.307 e. The van der Waals surface area contributed by atoms with Crippen molar-refractivity contribution in [2.75, 3.05) is 19.8 Å². The van der Waals surface area contributed by atoms with Gasteiger partial charge in [0.1, 0.15) is 5.75 Å². The minimum Gasteiger partial charge on any atom is -0.493 e. The maximum atomic E-state index is 12.8. The number of ether oxygens (including phenoxy) is 2. The molecule has 0 aliphatic rings. The number of carbonyl (C=O) groups is 2. The highest BCUT2D eigenvalue weighted by Gasteiger charge is 2.22. The highest BCUT2D eigenvalue weighted by molar-refractivity contribution is 5.78. The van der Waals surface area contributed by atoms with Crippen LogP contribution in [0.4, 0.5) is 0 Å². The normalized spacial score (nSPS) is 11.5. The van der Waals surface area contributed by atoms with Crippen LogP contribution >= 0.6 is 0 Å². The Bertz CT molecular complexity index is 703. The molecular formula is C22H27NO4. The molecule has 0 N–H and O–H groups in total. The Morgan fingerprint density at radius 2 is 1.59 bits per heavy atom. The van der Waals surface area contributed by atoms with Gasteiger partial charge in [-0.1, -0.05) is 48.5 Å². The van der Waals surface area contributed by atoms with Gasteiger partial charge in [0, 0.05) is 6.54 Å². The van der Waals surface area contributed by atoms with E-state index in [-0.39, 0.29) is 30.8 Å². The first-order chi connectivity index (χ1) is 13.1. The molecule has 0 radical (unpaired) electrons. The SMILES string of the molecule is CCOC(=O)CCN(C(=O)CCOc1ccccc1)C(C)c1ccccc1. The van der Waals surface area contributed by atoms with E-state index in [4.69, 9.17) is 9.47 Å². The average molecular weight is 369 g/mol. The summed E-state index contributed by atoms with van der Waals surface area (Å²) in [6.07, 6.45) is 0.422. The van der Waals surface area contributed by atoms with Crippen LogP contribution in [0.1, 0.15) is 38.3 Å². The molecule has 2 rings (SSSR count). The molecule has 1 amide bonds. The lowest BCUT2D eigenvalue weighted by Gasteiger charge is -2.29. The molecule has 1 unspecified atom stereocenters. The van der Waals surface area contributed by atoms with Gasteiger partial charge in [-0.3, -0.25) is 9.59 Å². The van der Waals surface area contributed by atoms with Gasteiger partial charge < -0.3 is 14.4 Å². The molecule has 0 fully saturated rings. The molecule has 0 aliphatic carbocycles. The largest absolute Gasteiger partial charge is 0.493 e. The van der Waals surface area contributed by atoms with E-state index in [2.05, 4.69) is 0 Å². The number of hydrogen-bond acceptors (Lipinski definition) is 4. The van der Waals surface area contributed by atoms with Crippen molar-refractivity contribution >= 4 is 11.9 Å². The fraction of sp³-hybridized carbons (Fsp3) is 0.364. The number of hydrogen-bond donors (Lipinski definition) is 0. The first kappa shape index (κ1) is 20.5. The molecule has 2 aromatic rings. The zero-order chi connectivity index (χ0) is 19.5. The Labute approximate surface area is 160 Å². The van der Waals surface area contributed by atoms with Crippen molar-refractivity contribution in [3.63, 3.8) is 0 Å².